The molecule has 5 rings (SSSR count). The molecule has 1 fully saturated rings. The fourth-order valence-electron chi connectivity index (χ4n) is 5.46. The van der Waals surface area contributed by atoms with Crippen LogP contribution in [0.15, 0.2) is 85.7 Å². The highest BCUT2D eigenvalue weighted by Crippen LogP contribution is 2.29. The third-order valence-electron chi connectivity index (χ3n) is 7.99. The van der Waals surface area contributed by atoms with Gasteiger partial charge in [-0.25, -0.2) is 4.98 Å². The number of anilines is 5. The van der Waals surface area contributed by atoms with Gasteiger partial charge >= 0.3 is 0 Å². The van der Waals surface area contributed by atoms with E-state index in [1.165, 1.54) is 12.8 Å². The molecule has 4 aromatic rings. The van der Waals surface area contributed by atoms with Crippen molar-refractivity contribution in [1.82, 2.24) is 19.5 Å². The molecule has 43 heavy (non-hydrogen) atoms. The van der Waals surface area contributed by atoms with E-state index in [0.717, 1.165) is 47.1 Å². The molecule has 0 spiro atoms. The van der Waals surface area contributed by atoms with Gasteiger partial charge in [-0.1, -0.05) is 33.1 Å². The minimum absolute atomic E-state index is 0.193. The third-order valence-corrected chi connectivity index (χ3v) is 7.99. The molecule has 2 heterocycles. The molecule has 1 amide bonds. The van der Waals surface area contributed by atoms with E-state index in [0.29, 0.717) is 29.0 Å². The van der Waals surface area contributed by atoms with E-state index in [2.05, 4.69) is 72.4 Å². The smallest absolute Gasteiger partial charge is 0.255 e. The zero-order chi connectivity index (χ0) is 30.5. The number of hydrogen-bond acceptors (Lipinski definition) is 7. The Labute approximate surface area is 254 Å². The van der Waals surface area contributed by atoms with Gasteiger partial charge in [0.05, 0.1) is 6.20 Å². The van der Waals surface area contributed by atoms with E-state index in [-0.39, 0.29) is 11.8 Å². The maximum atomic E-state index is 13.0. The predicted octanol–water partition coefficient (Wildman–Crippen LogP) is 7.24. The van der Waals surface area contributed by atoms with Crippen LogP contribution in [0, 0.1) is 0 Å². The Morgan fingerprint density at radius 3 is 2.40 bits per heavy atom. The van der Waals surface area contributed by atoms with Gasteiger partial charge in [-0.05, 0) is 94.2 Å². The van der Waals surface area contributed by atoms with E-state index < -0.39 is 0 Å². The lowest BCUT2D eigenvalue weighted by molar-refractivity contribution is 0.102. The van der Waals surface area contributed by atoms with E-state index in [9.17, 15) is 4.79 Å². The van der Waals surface area contributed by atoms with Crippen molar-refractivity contribution in [2.75, 3.05) is 35.4 Å². The summed E-state index contributed by atoms with van der Waals surface area (Å²) in [6, 6.07) is 17.9. The Hall–Kier alpha value is -4.63. The van der Waals surface area contributed by atoms with Crippen molar-refractivity contribution in [2.24, 2.45) is 0 Å². The molecule has 1 aliphatic carbocycles. The second kappa shape index (κ2) is 13.1. The number of amides is 1. The lowest BCUT2D eigenvalue weighted by atomic mass is 9.90. The minimum atomic E-state index is -0.193. The molecular weight excluding hydrogens is 536 g/mol. The standard InChI is InChI=1S/C34H42N8O/c1-7-23(4)36-25-13-11-24(12-14-25)34(43)39-28-10-8-9-27(19-28)38-32-20-31(37-26-15-17-29(18-16-26)41(5)6)40-33-30(22(2)3)21-35-42(32)33/h7-14,19-22,26,29,36,38H,1,4,15-18H2,2-3,5-6H3,(H,37,40)(H,39,43)/t26-,29-. The highest BCUT2D eigenvalue weighted by molar-refractivity contribution is 6.04. The van der Waals surface area contributed by atoms with Gasteiger partial charge in [0.25, 0.3) is 5.91 Å². The number of fused-ring (bicyclic) bond motifs is 1. The Bertz CT molecular complexity index is 1600. The van der Waals surface area contributed by atoms with Crippen LogP contribution in [0.1, 0.15) is 61.4 Å². The molecule has 0 unspecified atom stereocenters. The molecule has 1 aliphatic rings. The van der Waals surface area contributed by atoms with Crippen LogP contribution < -0.4 is 21.3 Å². The summed E-state index contributed by atoms with van der Waals surface area (Å²) in [6.45, 7) is 11.9. The van der Waals surface area contributed by atoms with Crippen LogP contribution in [0.25, 0.3) is 5.65 Å². The molecule has 9 heteroatoms. The summed E-state index contributed by atoms with van der Waals surface area (Å²) in [5, 5.41) is 18.0. The Kier molecular flexibility index (Phi) is 9.11. The molecule has 0 atom stereocenters. The van der Waals surface area contributed by atoms with E-state index in [1.807, 2.05) is 53.2 Å². The van der Waals surface area contributed by atoms with Crippen LogP contribution >= 0.6 is 0 Å². The molecule has 1 saturated carbocycles. The number of nitrogens with zero attached hydrogens (tertiary/aromatic N) is 4. The Balaban J connectivity index is 1.33. The maximum Gasteiger partial charge on any atom is 0.255 e. The van der Waals surface area contributed by atoms with Crippen LogP contribution in [0.5, 0.6) is 0 Å². The number of allylic oxidation sites excluding steroid dienone is 1. The molecule has 0 aliphatic heterocycles. The molecule has 0 saturated heterocycles. The molecule has 0 bridgehead atoms. The van der Waals surface area contributed by atoms with Crippen molar-refractivity contribution in [3.05, 3.63) is 96.9 Å². The predicted molar refractivity (Wildman–Crippen MR) is 178 cm³/mol. The van der Waals surface area contributed by atoms with Gasteiger partial charge in [-0.3, -0.25) is 4.79 Å². The normalized spacial score (nSPS) is 16.7. The van der Waals surface area contributed by atoms with E-state index in [1.54, 1.807) is 18.2 Å². The number of rotatable bonds is 11. The monoisotopic (exact) mass is 578 g/mol. The second-order valence-corrected chi connectivity index (χ2v) is 11.7. The van der Waals surface area contributed by atoms with Gasteiger partial charge in [0.1, 0.15) is 11.6 Å². The molecule has 4 N–H and O–H groups in total. The number of benzene rings is 2. The SMILES string of the molecule is C=CC(=C)Nc1ccc(C(=O)Nc2cccc(Nc3cc(N[C@H]4CC[C@H](N(C)C)CC4)nc4c(C(C)C)cnn34)c2)cc1. The average Bonchev–Trinajstić information content (AvgIpc) is 3.43. The summed E-state index contributed by atoms with van der Waals surface area (Å²) >= 11 is 0. The van der Waals surface area contributed by atoms with E-state index >= 15 is 0 Å². The molecule has 2 aromatic heterocycles. The van der Waals surface area contributed by atoms with Gasteiger partial charge in [-0.15, -0.1) is 0 Å². The van der Waals surface area contributed by atoms with Crippen LogP contribution in [-0.4, -0.2) is 51.6 Å². The molecule has 224 valence electrons. The van der Waals surface area contributed by atoms with Gasteiger partial charge in [0.15, 0.2) is 5.65 Å². The first-order valence-electron chi connectivity index (χ1n) is 14.9. The molecule has 0 radical (unpaired) electrons. The zero-order valence-corrected chi connectivity index (χ0v) is 25.5. The topological polar surface area (TPSA) is 98.6 Å². The summed E-state index contributed by atoms with van der Waals surface area (Å²) in [6.07, 6.45) is 8.11. The summed E-state index contributed by atoms with van der Waals surface area (Å²) in [4.78, 5) is 20.3. The van der Waals surface area contributed by atoms with Crippen molar-refractivity contribution < 1.29 is 4.79 Å². The van der Waals surface area contributed by atoms with Gasteiger partial charge in [-0.2, -0.15) is 9.61 Å². The van der Waals surface area contributed by atoms with Crippen LogP contribution in [-0.2, 0) is 0 Å². The summed E-state index contributed by atoms with van der Waals surface area (Å²) in [5.74, 6) is 1.73. The first-order valence-corrected chi connectivity index (χ1v) is 14.9. The van der Waals surface area contributed by atoms with Crippen LogP contribution in [0.3, 0.4) is 0 Å². The minimum Gasteiger partial charge on any atom is -0.367 e. The molecular formula is C34H42N8O. The largest absolute Gasteiger partial charge is 0.367 e. The summed E-state index contributed by atoms with van der Waals surface area (Å²) in [5.41, 5.74) is 5.53. The van der Waals surface area contributed by atoms with Crippen molar-refractivity contribution >= 4 is 40.3 Å². The number of aromatic nitrogens is 3. The first kappa shape index (κ1) is 29.8. The first-order chi connectivity index (χ1) is 20.7. The average molecular weight is 579 g/mol. The number of nitrogens with one attached hydrogen (secondary N) is 4. The fraction of sp³-hybridized carbons (Fsp3) is 0.324. The maximum absolute atomic E-state index is 13.0. The Morgan fingerprint density at radius 1 is 1.00 bits per heavy atom. The molecule has 2 aromatic carbocycles. The van der Waals surface area contributed by atoms with Crippen LogP contribution in [0.4, 0.5) is 28.7 Å². The quantitative estimate of drug-likeness (QED) is 0.139. The lowest BCUT2D eigenvalue weighted by Crippen LogP contribution is -2.36. The van der Waals surface area contributed by atoms with Gasteiger partial charge < -0.3 is 26.2 Å². The molecule has 9 nitrogen and oxygen atoms in total. The van der Waals surface area contributed by atoms with Crippen molar-refractivity contribution in [2.45, 2.75) is 57.5 Å². The van der Waals surface area contributed by atoms with Crippen molar-refractivity contribution in [1.29, 1.82) is 0 Å². The zero-order valence-electron chi connectivity index (χ0n) is 25.5. The van der Waals surface area contributed by atoms with Crippen molar-refractivity contribution in [3.63, 3.8) is 0 Å². The summed E-state index contributed by atoms with van der Waals surface area (Å²) in [7, 11) is 4.33. The van der Waals surface area contributed by atoms with Crippen molar-refractivity contribution in [3.8, 4) is 0 Å². The number of carbonyl (C=O) groups is 1. The van der Waals surface area contributed by atoms with E-state index in [4.69, 9.17) is 4.98 Å². The lowest BCUT2D eigenvalue weighted by Gasteiger charge is -2.33. The Morgan fingerprint density at radius 2 is 1.72 bits per heavy atom. The summed E-state index contributed by atoms with van der Waals surface area (Å²) < 4.78 is 1.85. The number of hydrogen-bond donors (Lipinski definition) is 4. The highest BCUT2D eigenvalue weighted by atomic mass is 16.1. The number of carbonyl (C=O) groups excluding carboxylic acids is 1. The highest BCUT2D eigenvalue weighted by Gasteiger charge is 2.23. The van der Waals surface area contributed by atoms with Gasteiger partial charge in [0, 0.05) is 52.0 Å². The third kappa shape index (κ3) is 7.24. The van der Waals surface area contributed by atoms with Gasteiger partial charge in [0.2, 0.25) is 0 Å². The second-order valence-electron chi connectivity index (χ2n) is 11.7. The van der Waals surface area contributed by atoms with Crippen LogP contribution in [0.2, 0.25) is 0 Å². The fourth-order valence-corrected chi connectivity index (χ4v) is 5.46.